The summed E-state index contributed by atoms with van der Waals surface area (Å²) in [6.07, 6.45) is -2.97. The van der Waals surface area contributed by atoms with E-state index in [0.717, 1.165) is 28.0 Å². The normalized spacial score (nSPS) is 23.9. The first-order valence-corrected chi connectivity index (χ1v) is 14.5. The summed E-state index contributed by atoms with van der Waals surface area (Å²) in [7, 11) is 1.65. The van der Waals surface area contributed by atoms with Crippen molar-refractivity contribution in [2.24, 2.45) is 5.92 Å². The van der Waals surface area contributed by atoms with Crippen molar-refractivity contribution < 1.29 is 28.8 Å². The van der Waals surface area contributed by atoms with E-state index in [1.54, 1.807) is 7.11 Å². The highest BCUT2D eigenvalue weighted by molar-refractivity contribution is 5.26. The quantitative estimate of drug-likeness (QED) is 0.203. The molecular formula is C36H40O6. The van der Waals surface area contributed by atoms with Crippen molar-refractivity contribution in [2.75, 3.05) is 7.11 Å². The number of aliphatic hydroxyl groups excluding tert-OH is 1. The Balaban J connectivity index is 1.42. The third kappa shape index (κ3) is 7.85. The number of aliphatic hydroxyl groups is 1. The predicted molar refractivity (Wildman–Crippen MR) is 162 cm³/mol. The van der Waals surface area contributed by atoms with Crippen LogP contribution < -0.4 is 4.74 Å². The zero-order valence-corrected chi connectivity index (χ0v) is 24.3. The highest BCUT2D eigenvalue weighted by atomic mass is 16.6. The lowest BCUT2D eigenvalue weighted by Crippen LogP contribution is -2.63. The summed E-state index contributed by atoms with van der Waals surface area (Å²) in [4.78, 5) is 0. The van der Waals surface area contributed by atoms with Crippen molar-refractivity contribution in [2.45, 2.75) is 63.9 Å². The number of hydrogen-bond donors (Lipinski definition) is 1. The van der Waals surface area contributed by atoms with Crippen LogP contribution in [0.15, 0.2) is 115 Å². The Bertz CT molecular complexity index is 1320. The molecule has 1 aliphatic rings. The van der Waals surface area contributed by atoms with E-state index < -0.39 is 30.5 Å². The van der Waals surface area contributed by atoms with Crippen LogP contribution in [-0.2, 0) is 45.4 Å². The summed E-state index contributed by atoms with van der Waals surface area (Å²) in [6.45, 7) is 3.44. The molecule has 6 nitrogen and oxygen atoms in total. The SMILES string of the molecule is COc1ccc(COC2C(OCc3ccccc3)C(C)C(O)C(OCc3ccccc3)C2OCc2ccccc2)cc1. The van der Waals surface area contributed by atoms with Gasteiger partial charge >= 0.3 is 0 Å². The van der Waals surface area contributed by atoms with Crippen LogP contribution in [0.2, 0.25) is 0 Å². The Labute approximate surface area is 248 Å². The predicted octanol–water partition coefficient (Wildman–Crippen LogP) is 6.35. The second kappa shape index (κ2) is 15.1. The van der Waals surface area contributed by atoms with E-state index in [-0.39, 0.29) is 5.92 Å². The van der Waals surface area contributed by atoms with Crippen LogP contribution >= 0.6 is 0 Å². The van der Waals surface area contributed by atoms with Crippen molar-refractivity contribution in [1.29, 1.82) is 0 Å². The second-order valence-corrected chi connectivity index (χ2v) is 10.8. The van der Waals surface area contributed by atoms with Crippen LogP contribution in [0.3, 0.4) is 0 Å². The van der Waals surface area contributed by atoms with Crippen LogP contribution in [0.25, 0.3) is 0 Å². The second-order valence-electron chi connectivity index (χ2n) is 10.8. The molecule has 1 N–H and O–H groups in total. The Morgan fingerprint density at radius 3 is 1.26 bits per heavy atom. The molecule has 4 aromatic carbocycles. The molecule has 0 spiro atoms. The zero-order valence-electron chi connectivity index (χ0n) is 24.3. The number of hydrogen-bond acceptors (Lipinski definition) is 6. The molecule has 6 heteroatoms. The third-order valence-corrected chi connectivity index (χ3v) is 7.82. The first-order valence-electron chi connectivity index (χ1n) is 14.5. The van der Waals surface area contributed by atoms with E-state index >= 15 is 0 Å². The lowest BCUT2D eigenvalue weighted by Gasteiger charge is -2.48. The molecule has 0 radical (unpaired) electrons. The fourth-order valence-corrected chi connectivity index (χ4v) is 5.39. The van der Waals surface area contributed by atoms with Crippen molar-refractivity contribution in [3.05, 3.63) is 138 Å². The average Bonchev–Trinajstić information content (AvgIpc) is 3.05. The van der Waals surface area contributed by atoms with Gasteiger partial charge in [-0.25, -0.2) is 0 Å². The van der Waals surface area contributed by atoms with Gasteiger partial charge in [-0.2, -0.15) is 0 Å². The van der Waals surface area contributed by atoms with Crippen LogP contribution in [0, 0.1) is 5.92 Å². The number of methoxy groups -OCH3 is 1. The fraction of sp³-hybridized carbons (Fsp3) is 0.333. The lowest BCUT2D eigenvalue weighted by molar-refractivity contribution is -0.258. The van der Waals surface area contributed by atoms with Crippen LogP contribution in [0.4, 0.5) is 0 Å². The molecule has 6 unspecified atom stereocenters. The molecule has 4 aromatic rings. The molecule has 0 aliphatic heterocycles. The van der Waals surface area contributed by atoms with Gasteiger partial charge < -0.3 is 28.8 Å². The van der Waals surface area contributed by atoms with Crippen molar-refractivity contribution in [3.63, 3.8) is 0 Å². The molecular weight excluding hydrogens is 528 g/mol. The van der Waals surface area contributed by atoms with Gasteiger partial charge in [0, 0.05) is 5.92 Å². The first-order chi connectivity index (χ1) is 20.6. The average molecular weight is 569 g/mol. The van der Waals surface area contributed by atoms with E-state index in [9.17, 15) is 5.11 Å². The van der Waals surface area contributed by atoms with E-state index in [1.165, 1.54) is 0 Å². The molecule has 6 atom stereocenters. The monoisotopic (exact) mass is 568 g/mol. The minimum Gasteiger partial charge on any atom is -0.497 e. The third-order valence-electron chi connectivity index (χ3n) is 7.82. The Kier molecular flexibility index (Phi) is 10.8. The largest absolute Gasteiger partial charge is 0.497 e. The van der Waals surface area contributed by atoms with Crippen molar-refractivity contribution >= 4 is 0 Å². The molecule has 42 heavy (non-hydrogen) atoms. The maximum atomic E-state index is 11.7. The minimum atomic E-state index is -0.823. The first kappa shape index (κ1) is 30.0. The molecule has 0 aromatic heterocycles. The maximum absolute atomic E-state index is 11.7. The Morgan fingerprint density at radius 1 is 0.476 bits per heavy atom. The van der Waals surface area contributed by atoms with Gasteiger partial charge in [0.1, 0.15) is 24.1 Å². The molecule has 1 aliphatic carbocycles. The Morgan fingerprint density at radius 2 is 0.833 bits per heavy atom. The van der Waals surface area contributed by atoms with Gasteiger partial charge in [0.2, 0.25) is 0 Å². The van der Waals surface area contributed by atoms with Gasteiger partial charge in [0.05, 0.1) is 45.7 Å². The molecule has 1 saturated carbocycles. The number of ether oxygens (including phenoxy) is 5. The van der Waals surface area contributed by atoms with Gasteiger partial charge in [0.25, 0.3) is 0 Å². The molecule has 0 amide bonds. The number of benzene rings is 4. The van der Waals surface area contributed by atoms with Gasteiger partial charge in [-0.05, 0) is 34.4 Å². The van der Waals surface area contributed by atoms with Crippen molar-refractivity contribution in [1.82, 2.24) is 0 Å². The summed E-state index contributed by atoms with van der Waals surface area (Å²) >= 11 is 0. The Hall–Kier alpha value is -3.52. The van der Waals surface area contributed by atoms with E-state index in [1.807, 2.05) is 122 Å². The summed E-state index contributed by atoms with van der Waals surface area (Å²) in [6, 6.07) is 37.8. The maximum Gasteiger partial charge on any atom is 0.118 e. The highest BCUT2D eigenvalue weighted by Crippen LogP contribution is 2.36. The molecule has 0 saturated heterocycles. The topological polar surface area (TPSA) is 66.4 Å². The standard InChI is InChI=1S/C36H40O6/c1-26-32(37)34(40-23-28-14-8-4-9-15-28)36(42-24-29-16-10-5-11-17-29)35(33(26)39-22-27-12-6-3-7-13-27)41-25-30-18-20-31(38-2)21-19-30/h3-21,26,32-37H,22-25H2,1-2H3. The highest BCUT2D eigenvalue weighted by Gasteiger charge is 2.51. The molecule has 5 rings (SSSR count). The van der Waals surface area contributed by atoms with Crippen LogP contribution in [0.1, 0.15) is 29.2 Å². The van der Waals surface area contributed by atoms with Gasteiger partial charge in [-0.15, -0.1) is 0 Å². The summed E-state index contributed by atoms with van der Waals surface area (Å²) in [5, 5.41) is 11.7. The molecule has 1 fully saturated rings. The molecule has 0 bridgehead atoms. The minimum absolute atomic E-state index is 0.271. The number of rotatable bonds is 13. The summed E-state index contributed by atoms with van der Waals surface area (Å²) < 4.78 is 31.6. The smallest absolute Gasteiger partial charge is 0.118 e. The summed E-state index contributed by atoms with van der Waals surface area (Å²) in [5.41, 5.74) is 4.11. The summed E-state index contributed by atoms with van der Waals surface area (Å²) in [5.74, 6) is 0.516. The van der Waals surface area contributed by atoms with Gasteiger partial charge in [0.15, 0.2) is 0 Å². The van der Waals surface area contributed by atoms with E-state index in [0.29, 0.717) is 26.4 Å². The lowest BCUT2D eigenvalue weighted by atomic mass is 9.78. The zero-order chi connectivity index (χ0) is 29.1. The van der Waals surface area contributed by atoms with Gasteiger partial charge in [-0.1, -0.05) is 110 Å². The fourth-order valence-electron chi connectivity index (χ4n) is 5.39. The molecule has 220 valence electrons. The van der Waals surface area contributed by atoms with Crippen LogP contribution in [-0.4, -0.2) is 42.7 Å². The van der Waals surface area contributed by atoms with E-state index in [4.69, 9.17) is 23.7 Å². The van der Waals surface area contributed by atoms with Crippen molar-refractivity contribution in [3.8, 4) is 5.75 Å². The molecule has 0 heterocycles. The van der Waals surface area contributed by atoms with E-state index in [2.05, 4.69) is 0 Å². The van der Waals surface area contributed by atoms with Crippen LogP contribution in [0.5, 0.6) is 5.75 Å². The van der Waals surface area contributed by atoms with Gasteiger partial charge in [-0.3, -0.25) is 0 Å².